The summed E-state index contributed by atoms with van der Waals surface area (Å²) in [5.41, 5.74) is -0.612. The average molecular weight is 370 g/mol. The van der Waals surface area contributed by atoms with Crippen LogP contribution in [-0.2, 0) is 17.1 Å². The van der Waals surface area contributed by atoms with Gasteiger partial charge in [0.2, 0.25) is 0 Å². The number of carbonyl (C=O) groups excluding carboxylic acids is 1. The van der Waals surface area contributed by atoms with Crippen molar-refractivity contribution in [2.24, 2.45) is 0 Å². The summed E-state index contributed by atoms with van der Waals surface area (Å²) in [6.45, 7) is 1.77. The van der Waals surface area contributed by atoms with Gasteiger partial charge in [-0.15, -0.1) is 11.3 Å². The molecule has 2 N–H and O–H groups in total. The Bertz CT molecular complexity index is 764. The van der Waals surface area contributed by atoms with Crippen LogP contribution in [0.3, 0.4) is 0 Å². The first-order valence-electron chi connectivity index (χ1n) is 7.42. The second-order valence-electron chi connectivity index (χ2n) is 4.94. The number of hydrogen-bond donors (Lipinski definition) is 2. The molecule has 25 heavy (non-hydrogen) atoms. The molecule has 1 amide bonds. The van der Waals surface area contributed by atoms with Crippen molar-refractivity contribution in [3.63, 3.8) is 0 Å². The molecule has 0 saturated heterocycles. The molecule has 0 atom stereocenters. The molecule has 2 aromatic rings. The zero-order valence-electron chi connectivity index (χ0n) is 13.3. The highest BCUT2D eigenvalue weighted by Gasteiger charge is 2.43. The Balaban J connectivity index is 2.00. The molecule has 2 rings (SSSR count). The number of carboxylic acids is 1. The largest absolute Gasteiger partial charge is 0.493 e. The third-order valence-electron chi connectivity index (χ3n) is 3.21. The Kier molecular flexibility index (Phi) is 6.02. The van der Waals surface area contributed by atoms with E-state index >= 15 is 0 Å². The van der Waals surface area contributed by atoms with Crippen molar-refractivity contribution in [3.05, 3.63) is 45.9 Å². The number of thiazole rings is 1. The van der Waals surface area contributed by atoms with E-state index in [0.29, 0.717) is 5.01 Å². The number of halogens is 2. The number of alkyl halides is 2. The van der Waals surface area contributed by atoms with Crippen LogP contribution >= 0.6 is 11.3 Å². The van der Waals surface area contributed by atoms with Crippen LogP contribution in [-0.4, -0.2) is 35.1 Å². The lowest BCUT2D eigenvalue weighted by Gasteiger charge is -2.19. The van der Waals surface area contributed by atoms with E-state index in [2.05, 4.69) is 10.3 Å². The Morgan fingerprint density at radius 1 is 1.36 bits per heavy atom. The molecule has 134 valence electrons. The van der Waals surface area contributed by atoms with Crippen LogP contribution in [0.15, 0.2) is 29.6 Å². The third-order valence-corrected chi connectivity index (χ3v) is 4.11. The van der Waals surface area contributed by atoms with Gasteiger partial charge < -0.3 is 15.2 Å². The molecule has 0 aliphatic heterocycles. The van der Waals surface area contributed by atoms with Gasteiger partial charge in [0.25, 0.3) is 5.91 Å². The number of aromatic carboxylic acids is 1. The van der Waals surface area contributed by atoms with E-state index in [1.165, 1.54) is 17.5 Å². The number of nitrogens with one attached hydrogen (secondary N) is 1. The highest BCUT2D eigenvalue weighted by atomic mass is 32.1. The summed E-state index contributed by atoms with van der Waals surface area (Å²) in [5, 5.41) is 12.7. The summed E-state index contributed by atoms with van der Waals surface area (Å²) in [7, 11) is 0. The number of benzene rings is 1. The van der Waals surface area contributed by atoms with Crippen LogP contribution in [0.1, 0.15) is 28.0 Å². The van der Waals surface area contributed by atoms with Crippen LogP contribution in [0, 0.1) is 0 Å². The Hall–Kier alpha value is -2.55. The van der Waals surface area contributed by atoms with E-state index in [1.807, 2.05) is 0 Å². The van der Waals surface area contributed by atoms with Gasteiger partial charge in [-0.3, -0.25) is 4.79 Å². The van der Waals surface area contributed by atoms with Crippen LogP contribution in [0.4, 0.5) is 8.78 Å². The summed E-state index contributed by atoms with van der Waals surface area (Å²) >= 11 is 1.09. The molecule has 6 nitrogen and oxygen atoms in total. The molecule has 0 fully saturated rings. The van der Waals surface area contributed by atoms with Crippen molar-refractivity contribution in [2.45, 2.75) is 19.3 Å². The fourth-order valence-electron chi connectivity index (χ4n) is 2.05. The first kappa shape index (κ1) is 18.8. The van der Waals surface area contributed by atoms with E-state index in [4.69, 9.17) is 9.84 Å². The maximum atomic E-state index is 14.4. The number of nitrogens with zero attached hydrogens (tertiary/aromatic N) is 1. The van der Waals surface area contributed by atoms with Crippen molar-refractivity contribution in [1.29, 1.82) is 0 Å². The molecular formula is C16H16F2N2O4S. The quantitative estimate of drug-likeness (QED) is 0.746. The molecular weight excluding hydrogens is 354 g/mol. The van der Waals surface area contributed by atoms with Gasteiger partial charge in [-0.1, -0.05) is 12.1 Å². The van der Waals surface area contributed by atoms with Crippen molar-refractivity contribution >= 4 is 23.2 Å². The number of para-hydroxylation sites is 1. The zero-order chi connectivity index (χ0) is 18.4. The van der Waals surface area contributed by atoms with Crippen LogP contribution in [0.25, 0.3) is 0 Å². The van der Waals surface area contributed by atoms with Crippen molar-refractivity contribution in [2.75, 3.05) is 13.2 Å². The van der Waals surface area contributed by atoms with Crippen molar-refractivity contribution in [1.82, 2.24) is 10.3 Å². The predicted octanol–water partition coefficient (Wildman–Crippen LogP) is 2.69. The molecule has 0 bridgehead atoms. The highest BCUT2D eigenvalue weighted by Crippen LogP contribution is 2.35. The SMILES string of the molecule is CCOc1ccccc1C(F)(F)C(=O)NCCc1nc(C(=O)O)cs1. The van der Waals surface area contributed by atoms with E-state index in [-0.39, 0.29) is 31.0 Å². The van der Waals surface area contributed by atoms with E-state index in [9.17, 15) is 18.4 Å². The lowest BCUT2D eigenvalue weighted by molar-refractivity contribution is -0.147. The topological polar surface area (TPSA) is 88.5 Å². The highest BCUT2D eigenvalue weighted by molar-refractivity contribution is 7.09. The van der Waals surface area contributed by atoms with Crippen LogP contribution < -0.4 is 10.1 Å². The molecule has 1 aromatic carbocycles. The molecule has 0 spiro atoms. The van der Waals surface area contributed by atoms with Gasteiger partial charge in [-0.25, -0.2) is 9.78 Å². The number of carboxylic acid groups (broad SMARTS) is 1. The summed E-state index contributed by atoms with van der Waals surface area (Å²) in [5.74, 6) is -6.41. The first-order valence-corrected chi connectivity index (χ1v) is 8.30. The number of ether oxygens (including phenoxy) is 1. The van der Waals surface area contributed by atoms with Crippen molar-refractivity contribution in [3.8, 4) is 5.75 Å². The molecule has 0 aliphatic carbocycles. The predicted molar refractivity (Wildman–Crippen MR) is 87.3 cm³/mol. The van der Waals surface area contributed by atoms with Crippen LogP contribution in [0.2, 0.25) is 0 Å². The lowest BCUT2D eigenvalue weighted by atomic mass is 10.1. The van der Waals surface area contributed by atoms with Gasteiger partial charge in [0.15, 0.2) is 5.69 Å². The number of amides is 1. The van der Waals surface area contributed by atoms with Gasteiger partial charge in [-0.05, 0) is 19.1 Å². The van der Waals surface area contributed by atoms with Crippen LogP contribution in [0.5, 0.6) is 5.75 Å². The average Bonchev–Trinajstić information content (AvgIpc) is 3.04. The summed E-state index contributed by atoms with van der Waals surface area (Å²) < 4.78 is 33.9. The van der Waals surface area contributed by atoms with Gasteiger partial charge in [0.05, 0.1) is 17.2 Å². The second kappa shape index (κ2) is 8.02. The maximum absolute atomic E-state index is 14.4. The van der Waals surface area contributed by atoms with Gasteiger partial charge >= 0.3 is 11.9 Å². The fourth-order valence-corrected chi connectivity index (χ4v) is 2.82. The number of rotatable bonds is 8. The number of aromatic nitrogens is 1. The minimum atomic E-state index is -3.75. The minimum Gasteiger partial charge on any atom is -0.493 e. The Morgan fingerprint density at radius 2 is 2.08 bits per heavy atom. The number of hydrogen-bond acceptors (Lipinski definition) is 5. The third kappa shape index (κ3) is 4.50. The Morgan fingerprint density at radius 3 is 2.72 bits per heavy atom. The molecule has 9 heteroatoms. The molecule has 1 aromatic heterocycles. The van der Waals surface area contributed by atoms with E-state index in [1.54, 1.807) is 13.0 Å². The summed E-state index contributed by atoms with van der Waals surface area (Å²) in [4.78, 5) is 26.5. The minimum absolute atomic E-state index is 0.0452. The molecule has 0 saturated carbocycles. The molecule has 0 unspecified atom stereocenters. The fraction of sp³-hybridized carbons (Fsp3) is 0.312. The normalized spacial score (nSPS) is 11.2. The van der Waals surface area contributed by atoms with Gasteiger partial charge in [-0.2, -0.15) is 8.78 Å². The van der Waals surface area contributed by atoms with E-state index in [0.717, 1.165) is 17.4 Å². The standard InChI is InChI=1S/C16H16F2N2O4S/c1-2-24-12-6-4-3-5-10(12)16(17,18)15(23)19-8-7-13-20-11(9-25-13)14(21)22/h3-6,9H,2,7-8H2,1H3,(H,19,23)(H,21,22). The van der Waals surface area contributed by atoms with E-state index < -0.39 is 23.4 Å². The molecule has 0 aliphatic rings. The van der Waals surface area contributed by atoms with Gasteiger partial charge in [0.1, 0.15) is 5.75 Å². The number of carbonyl (C=O) groups is 2. The smallest absolute Gasteiger partial charge is 0.355 e. The first-order chi connectivity index (χ1) is 11.9. The maximum Gasteiger partial charge on any atom is 0.355 e. The summed E-state index contributed by atoms with van der Waals surface area (Å²) in [6, 6.07) is 5.47. The van der Waals surface area contributed by atoms with Gasteiger partial charge in [0, 0.05) is 18.3 Å². The zero-order valence-corrected chi connectivity index (χ0v) is 14.1. The second-order valence-corrected chi connectivity index (χ2v) is 5.88. The monoisotopic (exact) mass is 370 g/mol. The molecule has 0 radical (unpaired) electrons. The Labute approximate surface area is 146 Å². The summed E-state index contributed by atoms with van der Waals surface area (Å²) in [6.07, 6.45) is 0.160. The van der Waals surface area contributed by atoms with Crippen molar-refractivity contribution < 1.29 is 28.2 Å². The molecule has 1 heterocycles. The lowest BCUT2D eigenvalue weighted by Crippen LogP contribution is -2.39.